The summed E-state index contributed by atoms with van der Waals surface area (Å²) in [4.78, 5) is 14.8. The van der Waals surface area contributed by atoms with Crippen molar-refractivity contribution >= 4 is 17.6 Å². The minimum Gasteiger partial charge on any atom is -0.481 e. The van der Waals surface area contributed by atoms with Gasteiger partial charge >= 0.3 is 5.97 Å². The summed E-state index contributed by atoms with van der Waals surface area (Å²) < 4.78 is 0. The quantitative estimate of drug-likeness (QED) is 0.764. The van der Waals surface area contributed by atoms with Crippen LogP contribution in [0.4, 0.5) is 0 Å². The second-order valence-corrected chi connectivity index (χ2v) is 3.98. The van der Waals surface area contributed by atoms with E-state index in [4.69, 9.17) is 16.7 Å². The van der Waals surface area contributed by atoms with E-state index in [1.807, 2.05) is 19.1 Å². The monoisotopic (exact) mass is 211 g/mol. The first-order chi connectivity index (χ1) is 6.59. The summed E-state index contributed by atoms with van der Waals surface area (Å²) in [6.45, 7) is 1.86. The van der Waals surface area contributed by atoms with Crippen LogP contribution >= 0.6 is 11.6 Å². The van der Waals surface area contributed by atoms with Crippen LogP contribution in [0.25, 0.3) is 0 Å². The molecule has 2 atom stereocenters. The number of carboxylic acid groups (broad SMARTS) is 1. The number of aryl methyl sites for hydroxylation is 1. The standard InChI is InChI=1S/C10H10ClNO2/c1-5-2-3-6(9(11)12-5)7-4-8(7)10(13)14/h2-3,7-8H,4H2,1H3,(H,13,14)/t7-,8+/m0/s1. The first-order valence-corrected chi connectivity index (χ1v) is 4.83. The normalized spacial score (nSPS) is 24.7. The lowest BCUT2D eigenvalue weighted by Gasteiger charge is -2.02. The van der Waals surface area contributed by atoms with E-state index in [0.717, 1.165) is 11.3 Å². The van der Waals surface area contributed by atoms with Crippen molar-refractivity contribution in [1.29, 1.82) is 0 Å². The topological polar surface area (TPSA) is 50.2 Å². The number of aliphatic carboxylic acids is 1. The Morgan fingerprint density at radius 3 is 2.86 bits per heavy atom. The van der Waals surface area contributed by atoms with E-state index in [-0.39, 0.29) is 11.8 Å². The zero-order valence-corrected chi connectivity index (χ0v) is 8.45. The van der Waals surface area contributed by atoms with Gasteiger partial charge in [0.15, 0.2) is 0 Å². The summed E-state index contributed by atoms with van der Waals surface area (Å²) in [7, 11) is 0. The van der Waals surface area contributed by atoms with E-state index in [9.17, 15) is 4.79 Å². The number of pyridine rings is 1. The fourth-order valence-corrected chi connectivity index (χ4v) is 1.96. The van der Waals surface area contributed by atoms with Crippen LogP contribution in [0.1, 0.15) is 23.6 Å². The van der Waals surface area contributed by atoms with Crippen molar-refractivity contribution in [3.63, 3.8) is 0 Å². The average Bonchev–Trinajstić information content (AvgIpc) is 2.83. The third-order valence-electron chi connectivity index (χ3n) is 2.52. The van der Waals surface area contributed by atoms with Gasteiger partial charge in [-0.25, -0.2) is 4.98 Å². The Kier molecular flexibility index (Phi) is 2.19. The number of carboxylic acids is 1. The Labute approximate surface area is 86.7 Å². The molecule has 1 aliphatic carbocycles. The predicted octanol–water partition coefficient (Wildman–Crippen LogP) is 2.23. The molecule has 1 aromatic rings. The van der Waals surface area contributed by atoms with Gasteiger partial charge in [-0.3, -0.25) is 4.79 Å². The SMILES string of the molecule is Cc1ccc([C@@H]2C[C@H]2C(=O)O)c(Cl)n1. The van der Waals surface area contributed by atoms with Crippen LogP contribution < -0.4 is 0 Å². The molecule has 0 aliphatic heterocycles. The fraction of sp³-hybridized carbons (Fsp3) is 0.400. The van der Waals surface area contributed by atoms with E-state index in [1.54, 1.807) is 0 Å². The highest BCUT2D eigenvalue weighted by molar-refractivity contribution is 6.30. The molecule has 1 heterocycles. The molecule has 14 heavy (non-hydrogen) atoms. The molecule has 1 aromatic heterocycles. The first kappa shape index (κ1) is 9.46. The van der Waals surface area contributed by atoms with E-state index < -0.39 is 5.97 Å². The summed E-state index contributed by atoms with van der Waals surface area (Å²) in [5, 5.41) is 9.21. The second-order valence-electron chi connectivity index (χ2n) is 3.62. The summed E-state index contributed by atoms with van der Waals surface area (Å²) >= 11 is 5.93. The zero-order chi connectivity index (χ0) is 10.3. The molecule has 1 fully saturated rings. The maximum absolute atomic E-state index is 10.7. The molecule has 0 spiro atoms. The van der Waals surface area contributed by atoms with Gasteiger partial charge in [0, 0.05) is 11.6 Å². The van der Waals surface area contributed by atoms with Gasteiger partial charge in [0.1, 0.15) is 5.15 Å². The van der Waals surface area contributed by atoms with Crippen molar-refractivity contribution in [3.8, 4) is 0 Å². The molecular formula is C10H10ClNO2. The van der Waals surface area contributed by atoms with Gasteiger partial charge in [0.2, 0.25) is 0 Å². The van der Waals surface area contributed by atoms with Gasteiger partial charge in [-0.15, -0.1) is 0 Å². The molecule has 4 heteroatoms. The van der Waals surface area contributed by atoms with Gasteiger partial charge in [-0.1, -0.05) is 17.7 Å². The van der Waals surface area contributed by atoms with Crippen LogP contribution in [0.2, 0.25) is 5.15 Å². The van der Waals surface area contributed by atoms with Crippen molar-refractivity contribution in [2.24, 2.45) is 5.92 Å². The number of halogens is 1. The molecule has 1 aliphatic rings. The van der Waals surface area contributed by atoms with Crippen LogP contribution in [0.15, 0.2) is 12.1 Å². The minimum absolute atomic E-state index is 0.0631. The van der Waals surface area contributed by atoms with Crippen molar-refractivity contribution in [2.45, 2.75) is 19.3 Å². The molecule has 0 bridgehead atoms. The van der Waals surface area contributed by atoms with Gasteiger partial charge in [-0.05, 0) is 25.0 Å². The molecule has 2 rings (SSSR count). The largest absolute Gasteiger partial charge is 0.481 e. The minimum atomic E-state index is -0.744. The van der Waals surface area contributed by atoms with Crippen LogP contribution in [0.5, 0.6) is 0 Å². The Balaban J connectivity index is 2.23. The number of carbonyl (C=O) groups is 1. The molecule has 74 valence electrons. The lowest BCUT2D eigenvalue weighted by molar-refractivity contribution is -0.138. The van der Waals surface area contributed by atoms with Crippen LogP contribution in [-0.2, 0) is 4.79 Å². The van der Waals surface area contributed by atoms with E-state index in [0.29, 0.717) is 11.6 Å². The smallest absolute Gasteiger partial charge is 0.307 e. The molecule has 0 aromatic carbocycles. The highest BCUT2D eigenvalue weighted by atomic mass is 35.5. The summed E-state index contributed by atoms with van der Waals surface area (Å²) in [6, 6.07) is 3.73. The van der Waals surface area contributed by atoms with Crippen LogP contribution in [-0.4, -0.2) is 16.1 Å². The summed E-state index contributed by atoms with van der Waals surface area (Å²) in [6.07, 6.45) is 0.680. The molecule has 0 radical (unpaired) electrons. The highest BCUT2D eigenvalue weighted by Crippen LogP contribution is 2.49. The number of aromatic nitrogens is 1. The van der Waals surface area contributed by atoms with Crippen molar-refractivity contribution in [3.05, 3.63) is 28.5 Å². The van der Waals surface area contributed by atoms with Gasteiger partial charge in [-0.2, -0.15) is 0 Å². The maximum atomic E-state index is 10.7. The van der Waals surface area contributed by atoms with Crippen LogP contribution in [0, 0.1) is 12.8 Å². The molecule has 1 saturated carbocycles. The summed E-state index contributed by atoms with van der Waals surface area (Å²) in [5.74, 6) is -0.947. The van der Waals surface area contributed by atoms with Gasteiger partial charge in [0.25, 0.3) is 0 Å². The maximum Gasteiger partial charge on any atom is 0.307 e. The van der Waals surface area contributed by atoms with Crippen LogP contribution in [0.3, 0.4) is 0 Å². The molecule has 0 amide bonds. The van der Waals surface area contributed by atoms with E-state index in [1.165, 1.54) is 0 Å². The van der Waals surface area contributed by atoms with Crippen molar-refractivity contribution in [1.82, 2.24) is 4.98 Å². The van der Waals surface area contributed by atoms with E-state index in [2.05, 4.69) is 4.98 Å². The molecule has 1 N–H and O–H groups in total. The number of hydrogen-bond acceptors (Lipinski definition) is 2. The summed E-state index contributed by atoms with van der Waals surface area (Å²) in [5.41, 5.74) is 1.72. The molecule has 0 unspecified atom stereocenters. The lowest BCUT2D eigenvalue weighted by atomic mass is 10.1. The van der Waals surface area contributed by atoms with Crippen molar-refractivity contribution in [2.75, 3.05) is 0 Å². The zero-order valence-electron chi connectivity index (χ0n) is 7.70. The number of nitrogens with zero attached hydrogens (tertiary/aromatic N) is 1. The molecule has 0 saturated heterocycles. The van der Waals surface area contributed by atoms with Gasteiger partial charge < -0.3 is 5.11 Å². The number of hydrogen-bond donors (Lipinski definition) is 1. The third kappa shape index (κ3) is 1.60. The van der Waals surface area contributed by atoms with E-state index >= 15 is 0 Å². The Hall–Kier alpha value is -1.09. The first-order valence-electron chi connectivity index (χ1n) is 4.45. The fourth-order valence-electron chi connectivity index (χ4n) is 1.62. The van der Waals surface area contributed by atoms with Crippen molar-refractivity contribution < 1.29 is 9.90 Å². The Morgan fingerprint density at radius 1 is 1.64 bits per heavy atom. The average molecular weight is 212 g/mol. The molecule has 3 nitrogen and oxygen atoms in total. The lowest BCUT2D eigenvalue weighted by Crippen LogP contribution is -1.99. The number of rotatable bonds is 2. The third-order valence-corrected chi connectivity index (χ3v) is 2.83. The predicted molar refractivity (Wildman–Crippen MR) is 52.5 cm³/mol. The highest BCUT2D eigenvalue weighted by Gasteiger charge is 2.45. The molecular weight excluding hydrogens is 202 g/mol. The Morgan fingerprint density at radius 2 is 2.36 bits per heavy atom. The van der Waals surface area contributed by atoms with Gasteiger partial charge in [0.05, 0.1) is 5.92 Å². The second kappa shape index (κ2) is 3.24. The Bertz CT molecular complexity index is 392.